The van der Waals surface area contributed by atoms with Crippen molar-refractivity contribution in [3.05, 3.63) is 23.8 Å². The van der Waals surface area contributed by atoms with E-state index in [1.165, 1.54) is 0 Å². The molecular formula is C14H20N2O3. The van der Waals surface area contributed by atoms with Crippen molar-refractivity contribution < 1.29 is 14.3 Å². The third-order valence-electron chi connectivity index (χ3n) is 3.44. The monoisotopic (exact) mass is 264 g/mol. The average Bonchev–Trinajstić information content (AvgIpc) is 2.46. The predicted octanol–water partition coefficient (Wildman–Crippen LogP) is 1.20. The number of methoxy groups -OCH3 is 2. The van der Waals surface area contributed by atoms with Crippen LogP contribution in [-0.2, 0) is 4.79 Å². The van der Waals surface area contributed by atoms with Gasteiger partial charge in [0.1, 0.15) is 11.5 Å². The second-order valence-corrected chi connectivity index (χ2v) is 4.54. The molecule has 0 radical (unpaired) electrons. The lowest BCUT2D eigenvalue weighted by Gasteiger charge is -2.36. The molecule has 0 aromatic heterocycles. The van der Waals surface area contributed by atoms with Crippen LogP contribution in [0.25, 0.3) is 0 Å². The number of rotatable bonds is 3. The van der Waals surface area contributed by atoms with Gasteiger partial charge in [0.15, 0.2) is 0 Å². The first-order valence-corrected chi connectivity index (χ1v) is 6.37. The van der Waals surface area contributed by atoms with Gasteiger partial charge in [-0.15, -0.1) is 0 Å². The lowest BCUT2D eigenvalue weighted by Crippen LogP contribution is -2.48. The van der Waals surface area contributed by atoms with Gasteiger partial charge < -0.3 is 19.7 Å². The van der Waals surface area contributed by atoms with Gasteiger partial charge in [0.2, 0.25) is 5.91 Å². The summed E-state index contributed by atoms with van der Waals surface area (Å²) < 4.78 is 10.7. The molecule has 2 rings (SSSR count). The van der Waals surface area contributed by atoms with E-state index in [9.17, 15) is 4.79 Å². The molecule has 104 valence electrons. The molecule has 1 atom stereocenters. The Morgan fingerprint density at radius 3 is 2.79 bits per heavy atom. The van der Waals surface area contributed by atoms with Crippen LogP contribution < -0.4 is 14.8 Å². The maximum Gasteiger partial charge on any atom is 0.220 e. The maximum atomic E-state index is 11.8. The van der Waals surface area contributed by atoms with Crippen molar-refractivity contribution in [2.24, 2.45) is 0 Å². The SMILES string of the molecule is COc1ccc(OC)c(C2CNCCN2C(C)=O)c1. The van der Waals surface area contributed by atoms with Crippen LogP contribution in [0.4, 0.5) is 0 Å². The van der Waals surface area contributed by atoms with Crippen LogP contribution in [0.5, 0.6) is 11.5 Å². The summed E-state index contributed by atoms with van der Waals surface area (Å²) >= 11 is 0. The first-order chi connectivity index (χ1) is 9.17. The molecule has 1 amide bonds. The molecule has 1 aliphatic rings. The zero-order valence-electron chi connectivity index (χ0n) is 11.6. The molecule has 1 unspecified atom stereocenters. The molecule has 1 N–H and O–H groups in total. The smallest absolute Gasteiger partial charge is 0.220 e. The van der Waals surface area contributed by atoms with E-state index in [-0.39, 0.29) is 11.9 Å². The van der Waals surface area contributed by atoms with E-state index in [4.69, 9.17) is 9.47 Å². The summed E-state index contributed by atoms with van der Waals surface area (Å²) in [6, 6.07) is 5.65. The number of amides is 1. The third-order valence-corrected chi connectivity index (χ3v) is 3.44. The largest absolute Gasteiger partial charge is 0.497 e. The minimum Gasteiger partial charge on any atom is -0.497 e. The van der Waals surface area contributed by atoms with Crippen molar-refractivity contribution in [3.63, 3.8) is 0 Å². The fourth-order valence-electron chi connectivity index (χ4n) is 2.46. The number of carbonyl (C=O) groups excluding carboxylic acids is 1. The summed E-state index contributed by atoms with van der Waals surface area (Å²) in [5.74, 6) is 1.63. The van der Waals surface area contributed by atoms with Gasteiger partial charge in [-0.25, -0.2) is 0 Å². The summed E-state index contributed by atoms with van der Waals surface area (Å²) in [7, 11) is 3.27. The molecule has 1 saturated heterocycles. The number of hydrogen-bond acceptors (Lipinski definition) is 4. The fraction of sp³-hybridized carbons (Fsp3) is 0.500. The van der Waals surface area contributed by atoms with Crippen LogP contribution >= 0.6 is 0 Å². The number of benzene rings is 1. The van der Waals surface area contributed by atoms with Gasteiger partial charge in [-0.1, -0.05) is 0 Å². The van der Waals surface area contributed by atoms with Crippen LogP contribution in [-0.4, -0.2) is 44.7 Å². The Morgan fingerprint density at radius 2 is 2.16 bits per heavy atom. The van der Waals surface area contributed by atoms with E-state index in [0.29, 0.717) is 6.54 Å². The second-order valence-electron chi connectivity index (χ2n) is 4.54. The normalized spacial score (nSPS) is 19.1. The Hall–Kier alpha value is -1.75. The molecule has 0 aliphatic carbocycles. The molecule has 19 heavy (non-hydrogen) atoms. The van der Waals surface area contributed by atoms with Crippen molar-refractivity contribution in [2.75, 3.05) is 33.9 Å². The molecule has 0 spiro atoms. The van der Waals surface area contributed by atoms with Crippen LogP contribution in [0, 0.1) is 0 Å². The standard InChI is InChI=1S/C14H20N2O3/c1-10(17)16-7-6-15-9-13(16)12-8-11(18-2)4-5-14(12)19-3/h4-5,8,13,15H,6-7,9H2,1-3H3. The first kappa shape index (κ1) is 13.7. The Morgan fingerprint density at radius 1 is 1.37 bits per heavy atom. The van der Waals surface area contributed by atoms with Crippen molar-refractivity contribution in [2.45, 2.75) is 13.0 Å². The van der Waals surface area contributed by atoms with E-state index in [0.717, 1.165) is 30.2 Å². The Balaban J connectivity index is 2.39. The number of carbonyl (C=O) groups is 1. The van der Waals surface area contributed by atoms with Crippen LogP contribution in [0.2, 0.25) is 0 Å². The van der Waals surface area contributed by atoms with Gasteiger partial charge in [-0.05, 0) is 18.2 Å². The molecular weight excluding hydrogens is 244 g/mol. The zero-order chi connectivity index (χ0) is 13.8. The zero-order valence-corrected chi connectivity index (χ0v) is 11.6. The van der Waals surface area contributed by atoms with E-state index in [1.807, 2.05) is 23.1 Å². The number of nitrogens with zero attached hydrogens (tertiary/aromatic N) is 1. The highest BCUT2D eigenvalue weighted by Gasteiger charge is 2.28. The van der Waals surface area contributed by atoms with E-state index >= 15 is 0 Å². The molecule has 5 heteroatoms. The van der Waals surface area contributed by atoms with Gasteiger partial charge in [0, 0.05) is 32.1 Å². The second kappa shape index (κ2) is 5.93. The summed E-state index contributed by atoms with van der Waals surface area (Å²) in [5, 5.41) is 3.32. The molecule has 0 saturated carbocycles. The Labute approximate surface area is 113 Å². The van der Waals surface area contributed by atoms with E-state index in [2.05, 4.69) is 5.32 Å². The number of piperazine rings is 1. The van der Waals surface area contributed by atoms with Crippen LogP contribution in [0.15, 0.2) is 18.2 Å². The van der Waals surface area contributed by atoms with E-state index in [1.54, 1.807) is 21.1 Å². The average molecular weight is 264 g/mol. The Kier molecular flexibility index (Phi) is 4.27. The van der Waals surface area contributed by atoms with Gasteiger partial charge in [0.25, 0.3) is 0 Å². The van der Waals surface area contributed by atoms with E-state index < -0.39 is 0 Å². The first-order valence-electron chi connectivity index (χ1n) is 6.37. The van der Waals surface area contributed by atoms with Crippen LogP contribution in [0.3, 0.4) is 0 Å². The third kappa shape index (κ3) is 2.81. The van der Waals surface area contributed by atoms with Gasteiger partial charge in [0.05, 0.1) is 20.3 Å². The summed E-state index contributed by atoms with van der Waals surface area (Å²) in [6.45, 7) is 3.86. The highest BCUT2D eigenvalue weighted by molar-refractivity contribution is 5.74. The summed E-state index contributed by atoms with van der Waals surface area (Å²) in [5.41, 5.74) is 0.976. The molecule has 1 heterocycles. The highest BCUT2D eigenvalue weighted by Crippen LogP contribution is 2.33. The van der Waals surface area contributed by atoms with Crippen LogP contribution in [0.1, 0.15) is 18.5 Å². The topological polar surface area (TPSA) is 50.8 Å². The molecule has 1 fully saturated rings. The van der Waals surface area contributed by atoms with Crippen molar-refractivity contribution >= 4 is 5.91 Å². The van der Waals surface area contributed by atoms with Crippen molar-refractivity contribution in [1.82, 2.24) is 10.2 Å². The molecule has 1 aromatic rings. The quantitative estimate of drug-likeness (QED) is 0.891. The minimum absolute atomic E-state index is 0.0173. The number of ether oxygens (including phenoxy) is 2. The number of nitrogens with one attached hydrogen (secondary N) is 1. The number of hydrogen-bond donors (Lipinski definition) is 1. The maximum absolute atomic E-state index is 11.8. The molecule has 0 bridgehead atoms. The minimum atomic E-state index is -0.0173. The van der Waals surface area contributed by atoms with Gasteiger partial charge in [-0.2, -0.15) is 0 Å². The predicted molar refractivity (Wildman–Crippen MR) is 72.5 cm³/mol. The van der Waals surface area contributed by atoms with Crippen molar-refractivity contribution in [3.8, 4) is 11.5 Å². The van der Waals surface area contributed by atoms with Gasteiger partial charge >= 0.3 is 0 Å². The lowest BCUT2D eigenvalue weighted by atomic mass is 10.0. The molecule has 5 nitrogen and oxygen atoms in total. The van der Waals surface area contributed by atoms with Gasteiger partial charge in [-0.3, -0.25) is 4.79 Å². The fourth-order valence-corrected chi connectivity index (χ4v) is 2.46. The lowest BCUT2D eigenvalue weighted by molar-refractivity contribution is -0.132. The van der Waals surface area contributed by atoms with Crippen molar-refractivity contribution in [1.29, 1.82) is 0 Å². The Bertz CT molecular complexity index is 462. The molecule has 1 aromatic carbocycles. The summed E-state index contributed by atoms with van der Waals surface area (Å²) in [6.07, 6.45) is 0. The highest BCUT2D eigenvalue weighted by atomic mass is 16.5. The summed E-state index contributed by atoms with van der Waals surface area (Å²) in [4.78, 5) is 13.6. The molecule has 1 aliphatic heterocycles.